The first-order valence-electron chi connectivity index (χ1n) is 9.52. The Labute approximate surface area is 165 Å². The number of nitrogens with zero attached hydrogens (tertiary/aromatic N) is 1. The SMILES string of the molecule is CNC(=O)COc1ccccc1CN1CCC(CO)(Cc2ccc(F)cc2)C1. The van der Waals surface area contributed by atoms with Gasteiger partial charge in [0.25, 0.3) is 5.91 Å². The van der Waals surface area contributed by atoms with Gasteiger partial charge < -0.3 is 15.2 Å². The molecule has 0 aliphatic carbocycles. The summed E-state index contributed by atoms with van der Waals surface area (Å²) >= 11 is 0. The highest BCUT2D eigenvalue weighted by molar-refractivity contribution is 5.77. The zero-order valence-electron chi connectivity index (χ0n) is 16.2. The third-order valence-corrected chi connectivity index (χ3v) is 5.35. The average Bonchev–Trinajstić information content (AvgIpc) is 3.12. The second-order valence-corrected chi connectivity index (χ2v) is 7.49. The number of carbonyl (C=O) groups excluding carboxylic acids is 1. The number of hydrogen-bond donors (Lipinski definition) is 2. The molecule has 1 heterocycles. The number of hydrogen-bond acceptors (Lipinski definition) is 4. The lowest BCUT2D eigenvalue weighted by atomic mass is 9.81. The largest absolute Gasteiger partial charge is 0.483 e. The van der Waals surface area contributed by atoms with E-state index < -0.39 is 0 Å². The predicted octanol–water partition coefficient (Wildman–Crippen LogP) is 2.38. The Bertz CT molecular complexity index is 797. The van der Waals surface area contributed by atoms with Crippen molar-refractivity contribution in [1.29, 1.82) is 0 Å². The van der Waals surface area contributed by atoms with Gasteiger partial charge in [0.05, 0.1) is 6.61 Å². The Balaban J connectivity index is 1.65. The molecule has 28 heavy (non-hydrogen) atoms. The molecule has 1 aliphatic heterocycles. The van der Waals surface area contributed by atoms with Crippen LogP contribution in [0.3, 0.4) is 0 Å². The highest BCUT2D eigenvalue weighted by atomic mass is 19.1. The summed E-state index contributed by atoms with van der Waals surface area (Å²) in [5.41, 5.74) is 1.82. The van der Waals surface area contributed by atoms with Crippen LogP contribution in [0.2, 0.25) is 0 Å². The minimum atomic E-state index is -0.247. The van der Waals surface area contributed by atoms with Crippen molar-refractivity contribution in [2.75, 3.05) is 33.4 Å². The van der Waals surface area contributed by atoms with Crippen molar-refractivity contribution in [3.05, 3.63) is 65.5 Å². The fourth-order valence-corrected chi connectivity index (χ4v) is 3.76. The second-order valence-electron chi connectivity index (χ2n) is 7.49. The van der Waals surface area contributed by atoms with E-state index in [0.29, 0.717) is 12.3 Å². The van der Waals surface area contributed by atoms with Crippen LogP contribution in [0.1, 0.15) is 17.5 Å². The summed E-state index contributed by atoms with van der Waals surface area (Å²) in [6.07, 6.45) is 1.59. The summed E-state index contributed by atoms with van der Waals surface area (Å²) in [6, 6.07) is 14.2. The molecule has 0 bridgehead atoms. The maximum atomic E-state index is 13.2. The second kappa shape index (κ2) is 9.17. The Hall–Kier alpha value is -2.44. The molecule has 2 N–H and O–H groups in total. The van der Waals surface area contributed by atoms with Crippen molar-refractivity contribution < 1.29 is 19.0 Å². The lowest BCUT2D eigenvalue weighted by Gasteiger charge is -2.27. The van der Waals surface area contributed by atoms with E-state index in [-0.39, 0.29) is 30.4 Å². The maximum absolute atomic E-state index is 13.2. The van der Waals surface area contributed by atoms with Gasteiger partial charge in [-0.1, -0.05) is 30.3 Å². The third-order valence-electron chi connectivity index (χ3n) is 5.35. The smallest absolute Gasteiger partial charge is 0.257 e. The number of benzene rings is 2. The summed E-state index contributed by atoms with van der Waals surface area (Å²) in [6.45, 7) is 2.39. The fourth-order valence-electron chi connectivity index (χ4n) is 3.76. The van der Waals surface area contributed by atoms with Crippen molar-refractivity contribution in [2.24, 2.45) is 5.41 Å². The Kier molecular flexibility index (Phi) is 6.65. The minimum absolute atomic E-state index is 0.0152. The molecule has 1 atom stereocenters. The lowest BCUT2D eigenvalue weighted by Crippen LogP contribution is -2.32. The summed E-state index contributed by atoms with van der Waals surface area (Å²) in [5, 5.41) is 12.6. The van der Waals surface area contributed by atoms with E-state index in [2.05, 4.69) is 10.2 Å². The summed E-state index contributed by atoms with van der Waals surface area (Å²) < 4.78 is 18.8. The van der Waals surface area contributed by atoms with Gasteiger partial charge in [0.15, 0.2) is 6.61 Å². The summed E-state index contributed by atoms with van der Waals surface area (Å²) in [5.74, 6) is 0.281. The first kappa shape index (κ1) is 20.3. The van der Waals surface area contributed by atoms with E-state index in [1.54, 1.807) is 19.2 Å². The molecule has 1 fully saturated rings. The number of ether oxygens (including phenoxy) is 1. The Morgan fingerprint density at radius 1 is 1.25 bits per heavy atom. The van der Waals surface area contributed by atoms with Gasteiger partial charge in [-0.2, -0.15) is 0 Å². The van der Waals surface area contributed by atoms with Crippen LogP contribution in [-0.2, 0) is 17.8 Å². The van der Waals surface area contributed by atoms with Crippen LogP contribution in [0.15, 0.2) is 48.5 Å². The lowest BCUT2D eigenvalue weighted by molar-refractivity contribution is -0.122. The van der Waals surface area contributed by atoms with Crippen LogP contribution in [0.5, 0.6) is 5.75 Å². The van der Waals surface area contributed by atoms with E-state index in [1.807, 2.05) is 24.3 Å². The molecule has 5 nitrogen and oxygen atoms in total. The summed E-state index contributed by atoms with van der Waals surface area (Å²) in [7, 11) is 1.58. The van der Waals surface area contributed by atoms with Crippen molar-refractivity contribution in [3.63, 3.8) is 0 Å². The van der Waals surface area contributed by atoms with Crippen LogP contribution in [-0.4, -0.2) is 49.3 Å². The molecule has 150 valence electrons. The van der Waals surface area contributed by atoms with Crippen LogP contribution >= 0.6 is 0 Å². The van der Waals surface area contributed by atoms with Crippen LogP contribution < -0.4 is 10.1 Å². The van der Waals surface area contributed by atoms with Gasteiger partial charge in [0, 0.05) is 31.1 Å². The molecule has 1 unspecified atom stereocenters. The minimum Gasteiger partial charge on any atom is -0.483 e. The Morgan fingerprint density at radius 2 is 2.00 bits per heavy atom. The van der Waals surface area contributed by atoms with E-state index >= 15 is 0 Å². The number of amides is 1. The summed E-state index contributed by atoms with van der Waals surface area (Å²) in [4.78, 5) is 13.8. The number of rotatable bonds is 8. The number of carbonyl (C=O) groups is 1. The maximum Gasteiger partial charge on any atom is 0.257 e. The zero-order valence-corrected chi connectivity index (χ0v) is 16.2. The molecule has 3 rings (SSSR count). The van der Waals surface area contributed by atoms with Crippen LogP contribution in [0.4, 0.5) is 4.39 Å². The molecule has 0 radical (unpaired) electrons. The molecule has 1 aliphatic rings. The number of aliphatic hydroxyl groups is 1. The predicted molar refractivity (Wildman–Crippen MR) is 106 cm³/mol. The van der Waals surface area contributed by atoms with Crippen molar-refractivity contribution in [3.8, 4) is 5.75 Å². The Morgan fingerprint density at radius 3 is 2.71 bits per heavy atom. The van der Waals surface area contributed by atoms with Crippen molar-refractivity contribution >= 4 is 5.91 Å². The van der Waals surface area contributed by atoms with Gasteiger partial charge in [0.2, 0.25) is 0 Å². The van der Waals surface area contributed by atoms with E-state index in [9.17, 15) is 14.3 Å². The zero-order chi connectivity index (χ0) is 20.0. The topological polar surface area (TPSA) is 61.8 Å². The van der Waals surface area contributed by atoms with Crippen LogP contribution in [0, 0.1) is 11.2 Å². The highest BCUT2D eigenvalue weighted by Crippen LogP contribution is 2.35. The van der Waals surface area contributed by atoms with Crippen molar-refractivity contribution in [2.45, 2.75) is 19.4 Å². The number of aliphatic hydroxyl groups excluding tert-OH is 1. The monoisotopic (exact) mass is 386 g/mol. The molecule has 1 saturated heterocycles. The molecular formula is C22H27FN2O3. The molecule has 6 heteroatoms. The first-order chi connectivity index (χ1) is 13.5. The van der Waals surface area contributed by atoms with E-state index in [1.165, 1.54) is 12.1 Å². The average molecular weight is 386 g/mol. The molecule has 1 amide bonds. The third kappa shape index (κ3) is 5.09. The van der Waals surface area contributed by atoms with Gasteiger partial charge in [-0.05, 0) is 43.1 Å². The van der Waals surface area contributed by atoms with Crippen molar-refractivity contribution in [1.82, 2.24) is 10.2 Å². The highest BCUT2D eigenvalue weighted by Gasteiger charge is 2.37. The quantitative estimate of drug-likeness (QED) is 0.731. The molecular weight excluding hydrogens is 359 g/mol. The van der Waals surface area contributed by atoms with Crippen LogP contribution in [0.25, 0.3) is 0 Å². The fraction of sp³-hybridized carbons (Fsp3) is 0.409. The molecule has 0 saturated carbocycles. The number of likely N-dealkylation sites (tertiary alicyclic amines) is 1. The first-order valence-corrected chi connectivity index (χ1v) is 9.52. The molecule has 2 aromatic rings. The van der Waals surface area contributed by atoms with Gasteiger partial charge in [-0.25, -0.2) is 4.39 Å². The van der Waals surface area contributed by atoms with E-state index in [4.69, 9.17) is 4.74 Å². The molecule has 0 spiro atoms. The van der Waals surface area contributed by atoms with Gasteiger partial charge >= 0.3 is 0 Å². The number of halogens is 1. The van der Waals surface area contributed by atoms with Gasteiger partial charge in [0.1, 0.15) is 11.6 Å². The molecule has 0 aromatic heterocycles. The standard InChI is InChI=1S/C22H27FN2O3/c1-24-21(27)14-28-20-5-3-2-4-18(20)13-25-11-10-22(15-25,16-26)12-17-6-8-19(23)9-7-17/h2-9,26H,10-16H2,1H3,(H,24,27). The number of para-hydroxylation sites is 1. The molecule has 2 aromatic carbocycles. The normalized spacial score (nSPS) is 19.5. The number of likely N-dealkylation sites (N-methyl/N-ethyl adjacent to an activating group) is 1. The van der Waals surface area contributed by atoms with Gasteiger partial charge in [-0.15, -0.1) is 0 Å². The number of nitrogens with one attached hydrogen (secondary N) is 1. The van der Waals surface area contributed by atoms with Gasteiger partial charge in [-0.3, -0.25) is 9.69 Å². The van der Waals surface area contributed by atoms with E-state index in [0.717, 1.165) is 37.1 Å².